The fraction of sp³-hybridized carbons (Fsp3) is 0.0833. The first-order valence-corrected chi connectivity index (χ1v) is 5.31. The zero-order valence-electron chi connectivity index (χ0n) is 9.33. The lowest BCUT2D eigenvalue weighted by Crippen LogP contribution is -1.97. The van der Waals surface area contributed by atoms with Gasteiger partial charge in [0.1, 0.15) is 17.8 Å². The minimum absolute atomic E-state index is 0.798. The average Bonchev–Trinajstić information content (AvgIpc) is 2.87. The summed E-state index contributed by atoms with van der Waals surface area (Å²) in [5, 5.41) is 3.00. The van der Waals surface area contributed by atoms with Crippen LogP contribution in [0.2, 0.25) is 0 Å². The van der Waals surface area contributed by atoms with Crippen LogP contribution >= 0.6 is 0 Å². The molecule has 5 nitrogen and oxygen atoms in total. The zero-order chi connectivity index (χ0) is 11.7. The Kier molecular flexibility index (Phi) is 2.22. The van der Waals surface area contributed by atoms with Gasteiger partial charge in [-0.25, -0.2) is 15.0 Å². The summed E-state index contributed by atoms with van der Waals surface area (Å²) in [6.07, 6.45) is 5.25. The molecule has 1 N–H and O–H groups in total. The van der Waals surface area contributed by atoms with E-state index in [0.29, 0.717) is 0 Å². The lowest BCUT2D eigenvalue weighted by atomic mass is 10.2. The minimum atomic E-state index is 0.798. The highest BCUT2D eigenvalue weighted by Gasteiger charge is 2.05. The van der Waals surface area contributed by atoms with Crippen LogP contribution in [0.5, 0.6) is 0 Å². The number of nitrogens with zero attached hydrogens (tertiary/aromatic N) is 4. The van der Waals surface area contributed by atoms with Gasteiger partial charge >= 0.3 is 0 Å². The normalized spacial score (nSPS) is 10.6. The Bertz CT molecular complexity index is 659. The second-order valence-corrected chi connectivity index (χ2v) is 3.60. The first-order valence-electron chi connectivity index (χ1n) is 5.31. The molecule has 3 aromatic rings. The maximum atomic E-state index is 4.29. The second kappa shape index (κ2) is 3.86. The number of pyridine rings is 1. The van der Waals surface area contributed by atoms with E-state index in [2.05, 4.69) is 20.3 Å². The van der Waals surface area contributed by atoms with Gasteiger partial charge in [0.2, 0.25) is 0 Å². The molecule has 0 unspecified atom stereocenters. The van der Waals surface area contributed by atoms with Crippen LogP contribution in [0, 0.1) is 0 Å². The highest BCUT2D eigenvalue weighted by Crippen LogP contribution is 2.19. The summed E-state index contributed by atoms with van der Waals surface area (Å²) < 4.78 is 2.00. The van der Waals surface area contributed by atoms with E-state index in [9.17, 15) is 0 Å². The molecule has 0 aliphatic heterocycles. The SMILES string of the molecule is CNc1cc(-c2cccc3nccn23)ncn1. The summed E-state index contributed by atoms with van der Waals surface area (Å²) in [5.41, 5.74) is 2.78. The van der Waals surface area contributed by atoms with Crippen LogP contribution in [0.3, 0.4) is 0 Å². The zero-order valence-corrected chi connectivity index (χ0v) is 9.33. The summed E-state index contributed by atoms with van der Waals surface area (Å²) in [7, 11) is 1.84. The fourth-order valence-corrected chi connectivity index (χ4v) is 1.79. The van der Waals surface area contributed by atoms with Crippen LogP contribution in [-0.2, 0) is 0 Å². The summed E-state index contributed by atoms with van der Waals surface area (Å²) in [6.45, 7) is 0. The molecule has 0 aromatic carbocycles. The van der Waals surface area contributed by atoms with E-state index in [4.69, 9.17) is 0 Å². The molecule has 84 valence electrons. The van der Waals surface area contributed by atoms with Crippen LogP contribution in [0.25, 0.3) is 17.0 Å². The lowest BCUT2D eigenvalue weighted by Gasteiger charge is -2.05. The van der Waals surface area contributed by atoms with Crippen LogP contribution in [0.4, 0.5) is 5.82 Å². The van der Waals surface area contributed by atoms with E-state index >= 15 is 0 Å². The molecule has 5 heteroatoms. The molecule has 3 rings (SSSR count). The number of anilines is 1. The smallest absolute Gasteiger partial charge is 0.137 e. The average molecular weight is 225 g/mol. The van der Waals surface area contributed by atoms with Crippen LogP contribution in [-0.4, -0.2) is 26.4 Å². The van der Waals surface area contributed by atoms with E-state index in [1.165, 1.54) is 0 Å². The van der Waals surface area contributed by atoms with Crippen molar-refractivity contribution in [3.63, 3.8) is 0 Å². The molecule has 0 saturated heterocycles. The van der Waals surface area contributed by atoms with Crippen LogP contribution in [0.1, 0.15) is 0 Å². The summed E-state index contributed by atoms with van der Waals surface area (Å²) in [6, 6.07) is 7.85. The van der Waals surface area contributed by atoms with Gasteiger partial charge in [0.05, 0.1) is 11.4 Å². The standard InChI is InChI=1S/C12H11N5/c1-13-11-7-9(15-8-16-11)10-3-2-4-12-14-5-6-17(10)12/h2-8H,1H3,(H,13,15,16). The van der Waals surface area contributed by atoms with Gasteiger partial charge in [0, 0.05) is 25.5 Å². The third-order valence-corrected chi connectivity index (χ3v) is 2.61. The Morgan fingerprint density at radius 3 is 3.00 bits per heavy atom. The number of fused-ring (bicyclic) bond motifs is 1. The number of aromatic nitrogens is 4. The van der Waals surface area contributed by atoms with Crippen molar-refractivity contribution >= 4 is 11.5 Å². The Hall–Kier alpha value is -2.43. The van der Waals surface area contributed by atoms with E-state index in [1.807, 2.05) is 41.9 Å². The molecule has 0 spiro atoms. The molecule has 0 aliphatic carbocycles. The molecular formula is C12H11N5. The topological polar surface area (TPSA) is 55.1 Å². The van der Waals surface area contributed by atoms with E-state index in [-0.39, 0.29) is 0 Å². The molecule has 0 saturated carbocycles. The molecule has 0 bridgehead atoms. The third kappa shape index (κ3) is 1.61. The second-order valence-electron chi connectivity index (χ2n) is 3.60. The molecule has 0 atom stereocenters. The van der Waals surface area contributed by atoms with E-state index in [1.54, 1.807) is 12.5 Å². The van der Waals surface area contributed by atoms with Gasteiger partial charge < -0.3 is 5.32 Å². The first kappa shape index (κ1) is 9.77. The van der Waals surface area contributed by atoms with Gasteiger partial charge in [0.15, 0.2) is 0 Å². The molecule has 0 fully saturated rings. The van der Waals surface area contributed by atoms with Crippen molar-refractivity contribution in [2.75, 3.05) is 12.4 Å². The fourth-order valence-electron chi connectivity index (χ4n) is 1.79. The quantitative estimate of drug-likeness (QED) is 0.723. The Morgan fingerprint density at radius 2 is 2.12 bits per heavy atom. The highest BCUT2D eigenvalue weighted by molar-refractivity contribution is 5.62. The van der Waals surface area contributed by atoms with E-state index in [0.717, 1.165) is 22.9 Å². The van der Waals surface area contributed by atoms with Crippen molar-refractivity contribution in [1.82, 2.24) is 19.4 Å². The number of nitrogens with one attached hydrogen (secondary N) is 1. The number of hydrogen-bond acceptors (Lipinski definition) is 4. The lowest BCUT2D eigenvalue weighted by molar-refractivity contribution is 1.12. The van der Waals surface area contributed by atoms with Gasteiger partial charge in [-0.3, -0.25) is 4.40 Å². The van der Waals surface area contributed by atoms with Crippen molar-refractivity contribution in [1.29, 1.82) is 0 Å². The molecule has 0 amide bonds. The molecule has 17 heavy (non-hydrogen) atoms. The van der Waals surface area contributed by atoms with Gasteiger partial charge in [-0.05, 0) is 12.1 Å². The molecular weight excluding hydrogens is 214 g/mol. The molecule has 0 radical (unpaired) electrons. The Balaban J connectivity index is 2.23. The van der Waals surface area contributed by atoms with Crippen molar-refractivity contribution in [2.24, 2.45) is 0 Å². The monoisotopic (exact) mass is 225 g/mol. The number of hydrogen-bond donors (Lipinski definition) is 1. The van der Waals surface area contributed by atoms with Crippen LogP contribution in [0.15, 0.2) is 43.0 Å². The predicted molar refractivity (Wildman–Crippen MR) is 65.8 cm³/mol. The molecule has 3 aromatic heterocycles. The third-order valence-electron chi connectivity index (χ3n) is 2.61. The van der Waals surface area contributed by atoms with E-state index < -0.39 is 0 Å². The van der Waals surface area contributed by atoms with Gasteiger partial charge in [0.25, 0.3) is 0 Å². The maximum absolute atomic E-state index is 4.29. The Labute approximate surface area is 98.2 Å². The van der Waals surface area contributed by atoms with Crippen molar-refractivity contribution in [3.05, 3.63) is 43.0 Å². The van der Waals surface area contributed by atoms with Crippen molar-refractivity contribution in [2.45, 2.75) is 0 Å². The maximum Gasteiger partial charge on any atom is 0.137 e. The predicted octanol–water partition coefficient (Wildman–Crippen LogP) is 1.83. The minimum Gasteiger partial charge on any atom is -0.373 e. The van der Waals surface area contributed by atoms with Crippen molar-refractivity contribution < 1.29 is 0 Å². The molecule has 0 aliphatic rings. The summed E-state index contributed by atoms with van der Waals surface area (Å²) >= 11 is 0. The summed E-state index contributed by atoms with van der Waals surface area (Å²) in [4.78, 5) is 12.6. The van der Waals surface area contributed by atoms with Gasteiger partial charge in [-0.15, -0.1) is 0 Å². The molecule has 3 heterocycles. The number of rotatable bonds is 2. The van der Waals surface area contributed by atoms with Crippen molar-refractivity contribution in [3.8, 4) is 11.4 Å². The van der Waals surface area contributed by atoms with Crippen LogP contribution < -0.4 is 5.32 Å². The highest BCUT2D eigenvalue weighted by atomic mass is 15.0. The first-order chi connectivity index (χ1) is 8.38. The summed E-state index contributed by atoms with van der Waals surface area (Å²) in [5.74, 6) is 0.798. The largest absolute Gasteiger partial charge is 0.373 e. The number of imidazole rings is 1. The Morgan fingerprint density at radius 1 is 1.18 bits per heavy atom. The van der Waals surface area contributed by atoms with Gasteiger partial charge in [-0.1, -0.05) is 6.07 Å². The van der Waals surface area contributed by atoms with Gasteiger partial charge in [-0.2, -0.15) is 0 Å².